The molecule has 0 bridgehead atoms. The zero-order valence-corrected chi connectivity index (χ0v) is 13.3. The van der Waals surface area contributed by atoms with Gasteiger partial charge < -0.3 is 10.6 Å². The first-order chi connectivity index (χ1) is 9.65. The maximum atomic E-state index is 4.41. The highest BCUT2D eigenvalue weighted by Gasteiger charge is 2.13. The summed E-state index contributed by atoms with van der Waals surface area (Å²) in [7, 11) is 0. The number of rotatable bonds is 6. The molecule has 0 saturated heterocycles. The van der Waals surface area contributed by atoms with Crippen LogP contribution in [0.1, 0.15) is 42.1 Å². The number of hydrogen-bond acceptors (Lipinski definition) is 5. The summed E-state index contributed by atoms with van der Waals surface area (Å²) in [6.07, 6.45) is 2.52. The molecule has 0 fully saturated rings. The van der Waals surface area contributed by atoms with Crippen LogP contribution < -0.4 is 10.6 Å². The average Bonchev–Trinajstić information content (AvgIpc) is 2.86. The van der Waals surface area contributed by atoms with E-state index < -0.39 is 0 Å². The van der Waals surface area contributed by atoms with E-state index in [0.29, 0.717) is 0 Å². The molecule has 0 spiro atoms. The van der Waals surface area contributed by atoms with Crippen molar-refractivity contribution < 1.29 is 0 Å². The smallest absolute Gasteiger partial charge is 0.135 e. The van der Waals surface area contributed by atoms with Crippen molar-refractivity contribution in [1.82, 2.24) is 9.97 Å². The second-order valence-electron chi connectivity index (χ2n) is 4.75. The predicted molar refractivity (Wildman–Crippen MR) is 86.7 cm³/mol. The van der Waals surface area contributed by atoms with Gasteiger partial charge in [-0.3, -0.25) is 0 Å². The molecule has 2 rings (SSSR count). The Kier molecular flexibility index (Phi) is 4.95. The summed E-state index contributed by atoms with van der Waals surface area (Å²) in [6, 6.07) is 4.59. The van der Waals surface area contributed by atoms with E-state index in [2.05, 4.69) is 60.4 Å². The van der Waals surface area contributed by atoms with E-state index in [9.17, 15) is 0 Å². The Morgan fingerprint density at radius 3 is 2.55 bits per heavy atom. The van der Waals surface area contributed by atoms with Gasteiger partial charge in [0.15, 0.2) is 0 Å². The van der Waals surface area contributed by atoms with Gasteiger partial charge in [-0.15, -0.1) is 11.3 Å². The van der Waals surface area contributed by atoms with Crippen LogP contribution in [0.15, 0.2) is 18.5 Å². The SMILES string of the molecule is CCNc1ncnc(NC(C)c2ccc(C)s2)c1CC. The molecule has 0 radical (unpaired) electrons. The lowest BCUT2D eigenvalue weighted by atomic mass is 10.2. The minimum atomic E-state index is 0.253. The van der Waals surface area contributed by atoms with Gasteiger partial charge in [-0.1, -0.05) is 6.92 Å². The second-order valence-corrected chi connectivity index (χ2v) is 6.07. The molecular weight excluding hydrogens is 268 g/mol. The highest BCUT2D eigenvalue weighted by atomic mass is 32.1. The molecule has 20 heavy (non-hydrogen) atoms. The van der Waals surface area contributed by atoms with Crippen molar-refractivity contribution >= 4 is 23.0 Å². The van der Waals surface area contributed by atoms with E-state index in [1.807, 2.05) is 11.3 Å². The number of thiophene rings is 1. The van der Waals surface area contributed by atoms with Gasteiger partial charge in [0.1, 0.15) is 18.0 Å². The second kappa shape index (κ2) is 6.70. The van der Waals surface area contributed by atoms with Gasteiger partial charge in [-0.25, -0.2) is 9.97 Å². The predicted octanol–water partition coefficient (Wildman–Crippen LogP) is 4.01. The molecule has 2 heterocycles. The molecular formula is C15H22N4S. The molecule has 2 aromatic heterocycles. The molecule has 1 unspecified atom stereocenters. The van der Waals surface area contributed by atoms with Crippen LogP contribution in [0.25, 0.3) is 0 Å². The van der Waals surface area contributed by atoms with Crippen LogP contribution in [0.2, 0.25) is 0 Å². The molecule has 0 aliphatic carbocycles. The lowest BCUT2D eigenvalue weighted by Gasteiger charge is -2.17. The Balaban J connectivity index is 2.22. The van der Waals surface area contributed by atoms with Gasteiger partial charge in [-0.05, 0) is 39.3 Å². The van der Waals surface area contributed by atoms with Crippen molar-refractivity contribution in [2.75, 3.05) is 17.2 Å². The summed E-state index contributed by atoms with van der Waals surface area (Å²) in [6.45, 7) is 9.37. The minimum absolute atomic E-state index is 0.253. The molecule has 5 heteroatoms. The fraction of sp³-hybridized carbons (Fsp3) is 0.467. The van der Waals surface area contributed by atoms with Crippen LogP contribution in [-0.2, 0) is 6.42 Å². The summed E-state index contributed by atoms with van der Waals surface area (Å²) in [4.78, 5) is 11.4. The van der Waals surface area contributed by atoms with E-state index in [1.165, 1.54) is 9.75 Å². The van der Waals surface area contributed by atoms with Crippen molar-refractivity contribution in [2.45, 2.75) is 40.2 Å². The number of nitrogens with zero attached hydrogens (tertiary/aromatic N) is 2. The monoisotopic (exact) mass is 290 g/mol. The van der Waals surface area contributed by atoms with E-state index in [-0.39, 0.29) is 6.04 Å². The highest BCUT2D eigenvalue weighted by molar-refractivity contribution is 7.12. The molecule has 0 amide bonds. The third-order valence-electron chi connectivity index (χ3n) is 3.18. The minimum Gasteiger partial charge on any atom is -0.370 e. The van der Waals surface area contributed by atoms with Gasteiger partial charge in [0.2, 0.25) is 0 Å². The molecule has 1 atom stereocenters. The van der Waals surface area contributed by atoms with Gasteiger partial charge in [0, 0.05) is 21.9 Å². The summed E-state index contributed by atoms with van der Waals surface area (Å²) in [5.41, 5.74) is 1.15. The molecule has 108 valence electrons. The topological polar surface area (TPSA) is 49.8 Å². The van der Waals surface area contributed by atoms with E-state index in [4.69, 9.17) is 0 Å². The molecule has 0 aliphatic heterocycles. The van der Waals surface area contributed by atoms with Gasteiger partial charge in [0.05, 0.1) is 6.04 Å². The quantitative estimate of drug-likeness (QED) is 0.844. The lowest BCUT2D eigenvalue weighted by Crippen LogP contribution is -2.12. The summed E-state index contributed by atoms with van der Waals surface area (Å²) in [5, 5.41) is 6.81. The Bertz CT molecular complexity index is 565. The van der Waals surface area contributed by atoms with Crippen molar-refractivity contribution in [3.05, 3.63) is 33.8 Å². The van der Waals surface area contributed by atoms with Crippen LogP contribution in [0.5, 0.6) is 0 Å². The fourth-order valence-electron chi connectivity index (χ4n) is 2.15. The zero-order valence-electron chi connectivity index (χ0n) is 12.5. The van der Waals surface area contributed by atoms with Crippen LogP contribution in [-0.4, -0.2) is 16.5 Å². The Hall–Kier alpha value is -1.62. The highest BCUT2D eigenvalue weighted by Crippen LogP contribution is 2.28. The van der Waals surface area contributed by atoms with Crippen molar-refractivity contribution in [2.24, 2.45) is 0 Å². The summed E-state index contributed by atoms with van der Waals surface area (Å²) >= 11 is 1.82. The number of aromatic nitrogens is 2. The Labute approximate surface area is 124 Å². The first-order valence-corrected chi connectivity index (χ1v) is 7.88. The molecule has 2 N–H and O–H groups in total. The molecule has 0 saturated carbocycles. The maximum Gasteiger partial charge on any atom is 0.135 e. The van der Waals surface area contributed by atoms with Gasteiger partial charge >= 0.3 is 0 Å². The van der Waals surface area contributed by atoms with Crippen molar-refractivity contribution in [3.63, 3.8) is 0 Å². The van der Waals surface area contributed by atoms with Crippen LogP contribution >= 0.6 is 11.3 Å². The largest absolute Gasteiger partial charge is 0.370 e. The normalized spacial score (nSPS) is 12.2. The number of aryl methyl sites for hydroxylation is 1. The van der Waals surface area contributed by atoms with Crippen molar-refractivity contribution in [1.29, 1.82) is 0 Å². The van der Waals surface area contributed by atoms with E-state index in [1.54, 1.807) is 6.33 Å². The van der Waals surface area contributed by atoms with E-state index >= 15 is 0 Å². The van der Waals surface area contributed by atoms with Crippen molar-refractivity contribution in [3.8, 4) is 0 Å². The number of nitrogens with one attached hydrogen (secondary N) is 2. The average molecular weight is 290 g/mol. The third-order valence-corrected chi connectivity index (χ3v) is 4.37. The first-order valence-electron chi connectivity index (χ1n) is 7.06. The molecule has 0 aromatic carbocycles. The number of hydrogen-bond donors (Lipinski definition) is 2. The standard InChI is InChI=1S/C15H22N4S/c1-5-12-14(16-6-2)17-9-18-15(12)19-11(4)13-8-7-10(3)20-13/h7-9,11H,5-6H2,1-4H3,(H2,16,17,18,19). The molecule has 4 nitrogen and oxygen atoms in total. The summed E-state index contributed by atoms with van der Waals surface area (Å²) in [5.74, 6) is 1.86. The van der Waals surface area contributed by atoms with Gasteiger partial charge in [0.25, 0.3) is 0 Å². The first kappa shape index (κ1) is 14.8. The fourth-order valence-corrected chi connectivity index (χ4v) is 3.03. The lowest BCUT2D eigenvalue weighted by molar-refractivity contribution is 0.881. The van der Waals surface area contributed by atoms with Crippen LogP contribution in [0.4, 0.5) is 11.6 Å². The van der Waals surface area contributed by atoms with Gasteiger partial charge in [-0.2, -0.15) is 0 Å². The molecule has 2 aromatic rings. The van der Waals surface area contributed by atoms with Crippen LogP contribution in [0, 0.1) is 6.92 Å². The third kappa shape index (κ3) is 3.28. The molecule has 0 aliphatic rings. The Morgan fingerprint density at radius 2 is 1.95 bits per heavy atom. The van der Waals surface area contributed by atoms with Crippen LogP contribution in [0.3, 0.4) is 0 Å². The number of anilines is 2. The Morgan fingerprint density at radius 1 is 1.20 bits per heavy atom. The summed E-state index contributed by atoms with van der Waals surface area (Å²) < 4.78 is 0. The maximum absolute atomic E-state index is 4.41. The van der Waals surface area contributed by atoms with E-state index in [0.717, 1.165) is 30.2 Å². The zero-order chi connectivity index (χ0) is 14.5.